The molecule has 0 heterocycles. The van der Waals surface area contributed by atoms with Crippen LogP contribution in [0.15, 0.2) is 72.8 Å². The minimum atomic E-state index is -0.683. The van der Waals surface area contributed by atoms with Crippen LogP contribution in [0.25, 0.3) is 6.08 Å². The highest BCUT2D eigenvalue weighted by atomic mass is 16.5. The summed E-state index contributed by atoms with van der Waals surface area (Å²) in [5.41, 5.74) is 0.325. The molecule has 0 saturated heterocycles. The molecule has 0 unspecified atom stereocenters. The van der Waals surface area contributed by atoms with Crippen LogP contribution in [-0.4, -0.2) is 64.6 Å². The number of ether oxygens (including phenoxy) is 1. The number of methoxy groups -OCH3 is 1. The Kier molecular flexibility index (Phi) is 11.0. The van der Waals surface area contributed by atoms with Crippen LogP contribution >= 0.6 is 0 Å². The fourth-order valence-corrected chi connectivity index (χ4v) is 3.20. The van der Waals surface area contributed by atoms with Gasteiger partial charge >= 0.3 is 0 Å². The first kappa shape index (κ1) is 32.2. The second kappa shape index (κ2) is 14.4. The number of rotatable bonds is 5. The van der Waals surface area contributed by atoms with Crippen molar-refractivity contribution in [3.63, 3.8) is 0 Å². The predicted molar refractivity (Wildman–Crippen MR) is 151 cm³/mol. The van der Waals surface area contributed by atoms with Crippen molar-refractivity contribution >= 4 is 17.6 Å². The van der Waals surface area contributed by atoms with E-state index in [2.05, 4.69) is 0 Å². The molecule has 9 N–H and O–H groups in total. The van der Waals surface area contributed by atoms with Crippen LogP contribution in [0.3, 0.4) is 0 Å². The highest BCUT2D eigenvalue weighted by Gasteiger charge is 2.15. The molecule has 0 aliphatic rings. The molecule has 4 aromatic rings. The van der Waals surface area contributed by atoms with Crippen molar-refractivity contribution in [1.29, 1.82) is 0 Å². The van der Waals surface area contributed by atoms with Gasteiger partial charge in [-0.25, -0.2) is 0 Å². The second-order valence-electron chi connectivity index (χ2n) is 8.42. The summed E-state index contributed by atoms with van der Waals surface area (Å²) in [6.45, 7) is 1.35. The summed E-state index contributed by atoms with van der Waals surface area (Å²) in [4.78, 5) is 22.7. The molecule has 42 heavy (non-hydrogen) atoms. The molecule has 0 bridgehead atoms. The number of phenolic OH excluding ortho intramolecular Hbond substituents is 9. The lowest BCUT2D eigenvalue weighted by Gasteiger charge is -2.04. The Bertz CT molecular complexity index is 1590. The monoisotopic (exact) mass is 580 g/mol. The van der Waals surface area contributed by atoms with Gasteiger partial charge in [-0.2, -0.15) is 0 Å². The highest BCUT2D eigenvalue weighted by Crippen LogP contribution is 2.33. The van der Waals surface area contributed by atoms with E-state index in [4.69, 9.17) is 35.4 Å². The fourth-order valence-electron chi connectivity index (χ4n) is 3.20. The number of aromatic hydroxyl groups is 9. The average molecular weight is 581 g/mol. The number of Topliss-reactive ketones (excluding diaryl/α,β-unsaturated/α-hetero) is 1. The normalized spacial score (nSPS) is 10.1. The quantitative estimate of drug-likeness (QED) is 0.0902. The third kappa shape index (κ3) is 9.02. The van der Waals surface area contributed by atoms with E-state index in [1.165, 1.54) is 62.6 Å². The number of hydrogen-bond acceptors (Lipinski definition) is 12. The Morgan fingerprint density at radius 3 is 1.64 bits per heavy atom. The first-order valence-corrected chi connectivity index (χ1v) is 11.8. The number of carbonyl (C=O) groups excluding carboxylic acids is 2. The van der Waals surface area contributed by atoms with Crippen molar-refractivity contribution in [1.82, 2.24) is 0 Å². The molecule has 12 heteroatoms. The summed E-state index contributed by atoms with van der Waals surface area (Å²) in [7, 11) is 1.49. The molecule has 0 saturated carbocycles. The van der Waals surface area contributed by atoms with Crippen LogP contribution < -0.4 is 4.74 Å². The van der Waals surface area contributed by atoms with Gasteiger partial charge in [0.1, 0.15) is 40.1 Å². The van der Waals surface area contributed by atoms with Gasteiger partial charge in [0.2, 0.25) is 0 Å². The Hall–Kier alpha value is -6.04. The molecule has 0 fully saturated rings. The number of allylic oxidation sites excluding steroid dienone is 1. The molecule has 220 valence electrons. The van der Waals surface area contributed by atoms with Crippen molar-refractivity contribution in [3.05, 3.63) is 89.5 Å². The van der Waals surface area contributed by atoms with Gasteiger partial charge < -0.3 is 50.7 Å². The maximum absolute atomic E-state index is 11.9. The van der Waals surface area contributed by atoms with Gasteiger partial charge in [-0.15, -0.1) is 0 Å². The SMILES string of the molecule is CC(=O)c1ccc(O)cc1O.COc1ccc(O)c(O)c1.O=C(/C=C/c1ccc(O)c(O)c1)c1c(O)cc(O)cc1O. The largest absolute Gasteiger partial charge is 0.508 e. The number of phenols is 9. The van der Waals surface area contributed by atoms with E-state index in [-0.39, 0.29) is 57.2 Å². The van der Waals surface area contributed by atoms with E-state index < -0.39 is 17.3 Å². The van der Waals surface area contributed by atoms with Gasteiger partial charge in [-0.3, -0.25) is 9.59 Å². The van der Waals surface area contributed by atoms with Crippen molar-refractivity contribution in [2.45, 2.75) is 6.92 Å². The molecule has 0 atom stereocenters. The smallest absolute Gasteiger partial charge is 0.193 e. The number of ketones is 2. The van der Waals surface area contributed by atoms with E-state index in [0.717, 1.165) is 24.3 Å². The molecule has 12 nitrogen and oxygen atoms in total. The molecular weight excluding hydrogens is 552 g/mol. The zero-order chi connectivity index (χ0) is 31.6. The van der Waals surface area contributed by atoms with Crippen LogP contribution in [0.4, 0.5) is 0 Å². The maximum Gasteiger partial charge on any atom is 0.193 e. The van der Waals surface area contributed by atoms with E-state index in [9.17, 15) is 24.9 Å². The van der Waals surface area contributed by atoms with E-state index in [1.54, 1.807) is 6.07 Å². The van der Waals surface area contributed by atoms with Crippen molar-refractivity contribution < 1.29 is 60.3 Å². The van der Waals surface area contributed by atoms with Gasteiger partial charge in [0.05, 0.1) is 12.7 Å². The number of hydrogen-bond donors (Lipinski definition) is 9. The number of benzene rings is 4. The van der Waals surface area contributed by atoms with Gasteiger partial charge in [0, 0.05) is 24.3 Å². The molecule has 0 aromatic heterocycles. The molecule has 4 aromatic carbocycles. The second-order valence-corrected chi connectivity index (χ2v) is 8.42. The lowest BCUT2D eigenvalue weighted by molar-refractivity contribution is 0.101. The zero-order valence-electron chi connectivity index (χ0n) is 22.3. The first-order chi connectivity index (χ1) is 19.7. The highest BCUT2D eigenvalue weighted by molar-refractivity contribution is 6.10. The van der Waals surface area contributed by atoms with Crippen molar-refractivity contribution in [2.24, 2.45) is 0 Å². The zero-order valence-corrected chi connectivity index (χ0v) is 22.3. The van der Waals surface area contributed by atoms with E-state index in [0.29, 0.717) is 11.3 Å². The summed E-state index contributed by atoms with van der Waals surface area (Å²) in [5.74, 6) is -2.99. The Morgan fingerprint density at radius 1 is 0.595 bits per heavy atom. The maximum atomic E-state index is 11.9. The third-order valence-corrected chi connectivity index (χ3v) is 5.30. The molecule has 0 aliphatic heterocycles. The summed E-state index contributed by atoms with van der Waals surface area (Å²) in [5, 5.41) is 82.5. The van der Waals surface area contributed by atoms with Gasteiger partial charge in [0.15, 0.2) is 34.6 Å². The first-order valence-electron chi connectivity index (χ1n) is 11.8. The lowest BCUT2D eigenvalue weighted by atomic mass is 10.1. The van der Waals surface area contributed by atoms with Crippen LogP contribution in [-0.2, 0) is 0 Å². The summed E-state index contributed by atoms with van der Waals surface area (Å²) in [6, 6.07) is 14.0. The Balaban J connectivity index is 0.000000246. The van der Waals surface area contributed by atoms with Crippen LogP contribution in [0, 0.1) is 0 Å². The number of carbonyl (C=O) groups is 2. The molecule has 0 radical (unpaired) electrons. The molecule has 4 rings (SSSR count). The lowest BCUT2D eigenvalue weighted by Crippen LogP contribution is -1.95. The van der Waals surface area contributed by atoms with Crippen molar-refractivity contribution in [2.75, 3.05) is 7.11 Å². The summed E-state index contributed by atoms with van der Waals surface area (Å²) >= 11 is 0. The predicted octanol–water partition coefficient (Wildman–Crippen LogP) is 4.52. The van der Waals surface area contributed by atoms with Gasteiger partial charge in [-0.1, -0.05) is 12.1 Å². The molecular formula is C30H28O12. The fraction of sp³-hybridized carbons (Fsp3) is 0.0667. The molecule has 0 aliphatic carbocycles. The average Bonchev–Trinajstić information content (AvgIpc) is 2.91. The summed E-state index contributed by atoms with van der Waals surface area (Å²) in [6.07, 6.45) is 2.42. The molecule has 0 spiro atoms. The minimum Gasteiger partial charge on any atom is -0.508 e. The minimum absolute atomic E-state index is 0.0486. The van der Waals surface area contributed by atoms with Crippen LogP contribution in [0.1, 0.15) is 33.2 Å². The van der Waals surface area contributed by atoms with Crippen LogP contribution in [0.2, 0.25) is 0 Å². The van der Waals surface area contributed by atoms with E-state index >= 15 is 0 Å². The van der Waals surface area contributed by atoms with Gasteiger partial charge in [0.25, 0.3) is 0 Å². The summed E-state index contributed by atoms with van der Waals surface area (Å²) < 4.78 is 4.78. The standard InChI is InChI=1S/C15H12O6.C8H8O3.C7H8O3/c16-9-6-13(20)15(14(21)7-9)11(18)4-2-8-1-3-10(17)12(19)5-8;1-5(9)7-3-2-6(10)4-8(7)11;1-10-5-2-3-6(8)7(9)4-5/h1-7,16-17,19-21H;2-4,10-11H,1H3;2-4,8-9H,1H3/b4-2+;;. The van der Waals surface area contributed by atoms with Crippen molar-refractivity contribution in [3.8, 4) is 57.5 Å². The van der Waals surface area contributed by atoms with Gasteiger partial charge in [-0.05, 0) is 55.0 Å². The van der Waals surface area contributed by atoms with Crippen LogP contribution in [0.5, 0.6) is 57.5 Å². The Labute approximate surface area is 239 Å². The molecule has 0 amide bonds. The third-order valence-electron chi connectivity index (χ3n) is 5.30. The Morgan fingerprint density at radius 2 is 1.14 bits per heavy atom. The van der Waals surface area contributed by atoms with E-state index in [1.807, 2.05) is 0 Å². The topological polar surface area (TPSA) is 225 Å².